The fourth-order valence-corrected chi connectivity index (χ4v) is 3.94. The third-order valence-electron chi connectivity index (χ3n) is 4.28. The van der Waals surface area contributed by atoms with E-state index in [9.17, 15) is 14.0 Å². The molecule has 168 valence electrons. The zero-order valence-corrected chi connectivity index (χ0v) is 19.7. The summed E-state index contributed by atoms with van der Waals surface area (Å²) in [5.74, 6) is -0.297. The average molecular weight is 517 g/mol. The zero-order chi connectivity index (χ0) is 23.3. The lowest BCUT2D eigenvalue weighted by Crippen LogP contribution is -2.26. The van der Waals surface area contributed by atoms with Crippen LogP contribution in [0.15, 0.2) is 41.6 Å². The third-order valence-corrected chi connectivity index (χ3v) is 6.34. The number of amides is 2. The average Bonchev–Trinajstić information content (AvgIpc) is 3.10. The van der Waals surface area contributed by atoms with Gasteiger partial charge in [0.2, 0.25) is 5.91 Å². The number of aromatic nitrogens is 3. The number of hydrogen-bond acceptors (Lipinski definition) is 5. The Hall–Kier alpha value is -2.33. The van der Waals surface area contributed by atoms with Gasteiger partial charge in [-0.3, -0.25) is 9.59 Å². The van der Waals surface area contributed by atoms with Crippen molar-refractivity contribution in [3.63, 3.8) is 0 Å². The van der Waals surface area contributed by atoms with Crippen molar-refractivity contribution in [2.45, 2.75) is 11.6 Å². The van der Waals surface area contributed by atoms with E-state index < -0.39 is 5.82 Å². The summed E-state index contributed by atoms with van der Waals surface area (Å²) in [6, 6.07) is 8.22. The van der Waals surface area contributed by atoms with Crippen LogP contribution in [0.5, 0.6) is 0 Å². The molecule has 2 N–H and O–H groups in total. The third kappa shape index (κ3) is 6.35. The molecule has 0 saturated carbocycles. The second-order valence-corrected chi connectivity index (χ2v) is 8.72. The van der Waals surface area contributed by atoms with Gasteiger partial charge >= 0.3 is 0 Å². The Morgan fingerprint density at radius 1 is 1.06 bits per heavy atom. The Bertz CT molecular complexity index is 1140. The molecule has 0 bridgehead atoms. The Morgan fingerprint density at radius 2 is 1.75 bits per heavy atom. The van der Waals surface area contributed by atoms with E-state index in [0.29, 0.717) is 40.2 Å². The van der Waals surface area contributed by atoms with Crippen molar-refractivity contribution in [3.05, 3.63) is 68.7 Å². The number of nitrogens with zero attached hydrogens (tertiary/aromatic N) is 3. The lowest BCUT2D eigenvalue weighted by Gasteiger charge is -2.09. The van der Waals surface area contributed by atoms with E-state index >= 15 is 0 Å². The first-order valence-corrected chi connectivity index (χ1v) is 11.4. The van der Waals surface area contributed by atoms with Crippen LogP contribution in [0.2, 0.25) is 15.1 Å². The first-order valence-electron chi connectivity index (χ1n) is 9.24. The number of anilines is 1. The molecule has 0 saturated heterocycles. The second kappa shape index (κ2) is 11.0. The quantitative estimate of drug-likeness (QED) is 0.337. The molecule has 0 spiro atoms. The van der Waals surface area contributed by atoms with E-state index in [1.165, 1.54) is 48.2 Å². The van der Waals surface area contributed by atoms with Crippen molar-refractivity contribution in [1.29, 1.82) is 0 Å². The van der Waals surface area contributed by atoms with Crippen LogP contribution in [0.25, 0.3) is 0 Å². The van der Waals surface area contributed by atoms with E-state index in [2.05, 4.69) is 20.8 Å². The first kappa shape index (κ1) is 24.3. The molecule has 0 fully saturated rings. The fraction of sp³-hybridized carbons (Fsp3) is 0.200. The molecule has 0 aliphatic heterocycles. The summed E-state index contributed by atoms with van der Waals surface area (Å²) in [6.07, 6.45) is 0.433. The molecular formula is C20H17Cl3FN5O2S. The Balaban J connectivity index is 1.49. The predicted molar refractivity (Wildman–Crippen MR) is 124 cm³/mol. The SMILES string of the molecule is Cn1c(CCNC(=O)c2ccc(F)cc2)nnc1SCC(=O)Nc1cc(Cl)c(Cl)cc1Cl. The van der Waals surface area contributed by atoms with E-state index in [4.69, 9.17) is 34.8 Å². The van der Waals surface area contributed by atoms with Crippen LogP contribution in [-0.4, -0.2) is 38.9 Å². The largest absolute Gasteiger partial charge is 0.352 e. The highest BCUT2D eigenvalue weighted by Gasteiger charge is 2.14. The highest BCUT2D eigenvalue weighted by Crippen LogP contribution is 2.32. The van der Waals surface area contributed by atoms with Gasteiger partial charge in [-0.1, -0.05) is 46.6 Å². The van der Waals surface area contributed by atoms with Crippen LogP contribution in [-0.2, 0) is 18.3 Å². The van der Waals surface area contributed by atoms with Crippen LogP contribution >= 0.6 is 46.6 Å². The number of hydrogen-bond donors (Lipinski definition) is 2. The highest BCUT2D eigenvalue weighted by atomic mass is 35.5. The summed E-state index contributed by atoms with van der Waals surface area (Å²) in [5.41, 5.74) is 0.732. The van der Waals surface area contributed by atoms with Gasteiger partial charge in [-0.05, 0) is 36.4 Å². The van der Waals surface area contributed by atoms with Crippen molar-refractivity contribution >= 4 is 64.1 Å². The minimum Gasteiger partial charge on any atom is -0.352 e. The Morgan fingerprint density at radius 3 is 2.47 bits per heavy atom. The molecule has 1 aromatic heterocycles. The monoisotopic (exact) mass is 515 g/mol. The molecule has 2 aromatic carbocycles. The molecule has 0 radical (unpaired) electrons. The van der Waals surface area contributed by atoms with Gasteiger partial charge in [-0.15, -0.1) is 10.2 Å². The topological polar surface area (TPSA) is 88.9 Å². The Labute approximate surface area is 202 Å². The molecule has 7 nitrogen and oxygen atoms in total. The molecule has 0 aliphatic rings. The first-order chi connectivity index (χ1) is 15.2. The van der Waals surface area contributed by atoms with Gasteiger partial charge in [0.05, 0.1) is 26.5 Å². The lowest BCUT2D eigenvalue weighted by molar-refractivity contribution is -0.113. The van der Waals surface area contributed by atoms with Gasteiger partial charge in [0, 0.05) is 25.6 Å². The summed E-state index contributed by atoms with van der Waals surface area (Å²) < 4.78 is 14.7. The molecule has 0 aliphatic carbocycles. The van der Waals surface area contributed by atoms with Crippen molar-refractivity contribution in [3.8, 4) is 0 Å². The van der Waals surface area contributed by atoms with Gasteiger partial charge in [0.25, 0.3) is 5.91 Å². The number of halogens is 4. The van der Waals surface area contributed by atoms with Gasteiger partial charge in [-0.25, -0.2) is 4.39 Å². The minimum absolute atomic E-state index is 0.0733. The van der Waals surface area contributed by atoms with Crippen LogP contribution in [0, 0.1) is 5.82 Å². The normalized spacial score (nSPS) is 10.8. The maximum absolute atomic E-state index is 12.9. The van der Waals surface area contributed by atoms with Crippen molar-refractivity contribution in [2.75, 3.05) is 17.6 Å². The van der Waals surface area contributed by atoms with Crippen LogP contribution in [0.1, 0.15) is 16.2 Å². The second-order valence-electron chi connectivity index (χ2n) is 6.55. The number of carbonyl (C=O) groups excluding carboxylic acids is 2. The van der Waals surface area contributed by atoms with E-state index in [1.54, 1.807) is 11.6 Å². The molecule has 1 heterocycles. The molecule has 0 atom stereocenters. The highest BCUT2D eigenvalue weighted by molar-refractivity contribution is 7.99. The molecule has 3 rings (SSSR count). The van der Waals surface area contributed by atoms with E-state index in [1.807, 2.05) is 0 Å². The maximum Gasteiger partial charge on any atom is 0.251 e. The number of rotatable bonds is 8. The van der Waals surface area contributed by atoms with E-state index in [-0.39, 0.29) is 27.6 Å². The van der Waals surface area contributed by atoms with Gasteiger partial charge in [0.15, 0.2) is 5.16 Å². The molecular weight excluding hydrogens is 500 g/mol. The summed E-state index contributed by atoms with van der Waals surface area (Å²) in [5, 5.41) is 15.0. The van der Waals surface area contributed by atoms with Gasteiger partial charge < -0.3 is 15.2 Å². The van der Waals surface area contributed by atoms with Crippen molar-refractivity contribution < 1.29 is 14.0 Å². The Kier molecular flexibility index (Phi) is 8.36. The fourth-order valence-electron chi connectivity index (χ4n) is 2.61. The standard InChI is InChI=1S/C20H17Cl3FN5O2S/c1-29-17(6-7-25-19(31)11-2-4-12(24)5-3-11)27-28-20(29)32-10-18(30)26-16-9-14(22)13(21)8-15(16)23/h2-5,8-9H,6-7,10H2,1H3,(H,25,31)(H,26,30). The summed E-state index contributed by atoms with van der Waals surface area (Å²) in [4.78, 5) is 24.3. The number of thioether (sulfide) groups is 1. The molecule has 2 amide bonds. The predicted octanol–water partition coefficient (Wildman–Crippen LogP) is 4.62. The van der Waals surface area contributed by atoms with Crippen molar-refractivity contribution in [2.24, 2.45) is 7.05 Å². The summed E-state index contributed by atoms with van der Waals surface area (Å²) in [6.45, 7) is 0.323. The lowest BCUT2D eigenvalue weighted by atomic mass is 10.2. The van der Waals surface area contributed by atoms with Crippen LogP contribution < -0.4 is 10.6 Å². The van der Waals surface area contributed by atoms with Crippen molar-refractivity contribution in [1.82, 2.24) is 20.1 Å². The summed E-state index contributed by atoms with van der Waals surface area (Å²) in [7, 11) is 1.77. The smallest absolute Gasteiger partial charge is 0.251 e. The number of carbonyl (C=O) groups is 2. The zero-order valence-electron chi connectivity index (χ0n) is 16.7. The molecule has 12 heteroatoms. The van der Waals surface area contributed by atoms with Gasteiger partial charge in [0.1, 0.15) is 11.6 Å². The minimum atomic E-state index is -0.403. The number of benzene rings is 2. The molecule has 0 unspecified atom stereocenters. The van der Waals surface area contributed by atoms with E-state index in [0.717, 1.165) is 0 Å². The molecule has 3 aromatic rings. The maximum atomic E-state index is 12.9. The number of nitrogens with one attached hydrogen (secondary N) is 2. The van der Waals surface area contributed by atoms with Crippen LogP contribution in [0.3, 0.4) is 0 Å². The van der Waals surface area contributed by atoms with Crippen LogP contribution in [0.4, 0.5) is 10.1 Å². The summed E-state index contributed by atoms with van der Waals surface area (Å²) >= 11 is 19.1. The molecule has 32 heavy (non-hydrogen) atoms. The van der Waals surface area contributed by atoms with Gasteiger partial charge in [-0.2, -0.15) is 0 Å².